The lowest BCUT2D eigenvalue weighted by Crippen LogP contribution is -2.52. The molecule has 0 spiro atoms. The van der Waals surface area contributed by atoms with Crippen LogP contribution in [0, 0.1) is 16.7 Å². The minimum atomic E-state index is -3.85. The Morgan fingerprint density at radius 2 is 1.80 bits per heavy atom. The van der Waals surface area contributed by atoms with Crippen molar-refractivity contribution in [3.05, 3.63) is 58.6 Å². The van der Waals surface area contributed by atoms with E-state index in [0.29, 0.717) is 21.6 Å². The number of amides is 1. The lowest BCUT2D eigenvalue weighted by atomic mass is 9.68. The predicted octanol–water partition coefficient (Wildman–Crippen LogP) is 5.19. The van der Waals surface area contributed by atoms with Crippen LogP contribution in [0.25, 0.3) is 0 Å². The Kier molecular flexibility index (Phi) is 5.26. The number of hydrogen-bond acceptors (Lipinski definition) is 3. The summed E-state index contributed by atoms with van der Waals surface area (Å²) < 4.78 is 28.8. The van der Waals surface area contributed by atoms with Gasteiger partial charge in [0.2, 0.25) is 0 Å². The molecule has 3 atom stereocenters. The van der Waals surface area contributed by atoms with Crippen molar-refractivity contribution in [1.29, 1.82) is 0 Å². The molecular formula is C23H27BrN2O3S. The fraction of sp³-hybridized carbons (Fsp3) is 0.435. The van der Waals surface area contributed by atoms with Crippen LogP contribution in [0.15, 0.2) is 57.9 Å². The zero-order chi connectivity index (χ0) is 21.7. The molecule has 2 bridgehead atoms. The largest absolute Gasteiger partial charge is 0.348 e. The summed E-state index contributed by atoms with van der Waals surface area (Å²) in [6, 6.07) is 13.5. The van der Waals surface area contributed by atoms with Crippen molar-refractivity contribution in [2.75, 3.05) is 4.72 Å². The Bertz CT molecular complexity index is 1080. The number of halogens is 1. The molecule has 0 radical (unpaired) electrons. The first kappa shape index (κ1) is 21.4. The fourth-order valence-corrected chi connectivity index (χ4v) is 7.49. The molecule has 2 aromatic carbocycles. The third-order valence-electron chi connectivity index (χ3n) is 7.05. The highest BCUT2D eigenvalue weighted by Gasteiger charge is 2.59. The third-order valence-corrected chi connectivity index (χ3v) is 9.43. The molecule has 0 aromatic heterocycles. The fourth-order valence-electron chi connectivity index (χ4n) is 5.44. The van der Waals surface area contributed by atoms with E-state index in [0.717, 1.165) is 12.8 Å². The van der Waals surface area contributed by atoms with E-state index in [4.69, 9.17) is 0 Å². The van der Waals surface area contributed by atoms with Gasteiger partial charge in [0.15, 0.2) is 0 Å². The Balaban J connectivity index is 1.59. The van der Waals surface area contributed by atoms with Gasteiger partial charge in [-0.3, -0.25) is 9.52 Å². The summed E-state index contributed by atoms with van der Waals surface area (Å²) in [6.45, 7) is 6.72. The lowest BCUT2D eigenvalue weighted by Gasteiger charge is -2.43. The average molecular weight is 491 g/mol. The van der Waals surface area contributed by atoms with Gasteiger partial charge in [-0.25, -0.2) is 8.42 Å². The molecule has 0 heterocycles. The van der Waals surface area contributed by atoms with Crippen LogP contribution in [0.3, 0.4) is 0 Å². The molecule has 2 saturated carbocycles. The van der Waals surface area contributed by atoms with Gasteiger partial charge < -0.3 is 5.32 Å². The van der Waals surface area contributed by atoms with Crippen LogP contribution in [0.1, 0.15) is 50.4 Å². The van der Waals surface area contributed by atoms with Crippen molar-refractivity contribution >= 4 is 37.5 Å². The van der Waals surface area contributed by atoms with Crippen molar-refractivity contribution in [3.63, 3.8) is 0 Å². The molecule has 2 aliphatic rings. The van der Waals surface area contributed by atoms with E-state index in [9.17, 15) is 13.2 Å². The normalized spacial score (nSPS) is 27.1. The van der Waals surface area contributed by atoms with Crippen LogP contribution >= 0.6 is 15.9 Å². The highest BCUT2D eigenvalue weighted by molar-refractivity contribution is 9.10. The number of hydrogen-bond donors (Lipinski definition) is 2. The summed E-state index contributed by atoms with van der Waals surface area (Å²) in [5.74, 6) is 0.384. The van der Waals surface area contributed by atoms with Crippen molar-refractivity contribution in [2.45, 2.75) is 51.0 Å². The van der Waals surface area contributed by atoms with Gasteiger partial charge in [0, 0.05) is 21.8 Å². The maximum atomic E-state index is 13.1. The SMILES string of the molecule is CC12CC[C@H](C1)C(C)(C)C2NC(=O)c1ccc(Br)c(S(=O)(=O)Nc2ccccc2)c1. The van der Waals surface area contributed by atoms with E-state index in [1.165, 1.54) is 12.5 Å². The standard InChI is InChI=1S/C23H27BrN2O3S/c1-22(2)16-11-12-23(3,14-16)21(22)25-20(27)15-9-10-18(24)19(13-15)30(28,29)26-17-7-5-4-6-8-17/h4-10,13,16,21,26H,11-12,14H2,1-3H3,(H,25,27)/t16-,21?,23?/m1/s1. The van der Waals surface area contributed by atoms with E-state index >= 15 is 0 Å². The molecule has 2 N–H and O–H groups in total. The summed E-state index contributed by atoms with van der Waals surface area (Å²) >= 11 is 3.32. The zero-order valence-corrected chi connectivity index (χ0v) is 19.8. The van der Waals surface area contributed by atoms with Crippen molar-refractivity contribution in [1.82, 2.24) is 5.32 Å². The molecule has 4 rings (SSSR count). The number of carbonyl (C=O) groups excluding carboxylic acids is 1. The van der Waals surface area contributed by atoms with E-state index in [1.54, 1.807) is 36.4 Å². The van der Waals surface area contributed by atoms with Crippen molar-refractivity contribution in [3.8, 4) is 0 Å². The maximum Gasteiger partial charge on any atom is 0.263 e. The number of rotatable bonds is 5. The molecule has 1 amide bonds. The molecule has 2 unspecified atom stereocenters. The number of fused-ring (bicyclic) bond motifs is 2. The summed E-state index contributed by atoms with van der Waals surface area (Å²) in [7, 11) is -3.85. The number of anilines is 1. The second-order valence-electron chi connectivity index (χ2n) is 9.44. The number of carbonyl (C=O) groups is 1. The Labute approximate surface area is 186 Å². The lowest BCUT2D eigenvalue weighted by molar-refractivity contribution is 0.0737. The van der Waals surface area contributed by atoms with Crippen LogP contribution < -0.4 is 10.0 Å². The Morgan fingerprint density at radius 1 is 1.10 bits per heavy atom. The number of para-hydroxylation sites is 1. The Hall–Kier alpha value is -1.86. The number of sulfonamides is 1. The molecule has 0 saturated heterocycles. The van der Waals surface area contributed by atoms with Crippen molar-refractivity contribution in [2.24, 2.45) is 16.7 Å². The number of nitrogens with one attached hydrogen (secondary N) is 2. The van der Waals surface area contributed by atoms with E-state index < -0.39 is 10.0 Å². The van der Waals surface area contributed by atoms with E-state index in [1.807, 2.05) is 6.07 Å². The first-order valence-corrected chi connectivity index (χ1v) is 12.5. The smallest absolute Gasteiger partial charge is 0.263 e. The summed E-state index contributed by atoms with van der Waals surface area (Å²) in [6.07, 6.45) is 3.46. The van der Waals surface area contributed by atoms with Crippen LogP contribution in [-0.4, -0.2) is 20.4 Å². The first-order chi connectivity index (χ1) is 14.0. The van der Waals surface area contributed by atoms with Crippen LogP contribution in [-0.2, 0) is 10.0 Å². The van der Waals surface area contributed by atoms with Gasteiger partial charge in [0.25, 0.3) is 15.9 Å². The molecule has 2 fully saturated rings. The maximum absolute atomic E-state index is 13.1. The second-order valence-corrected chi connectivity index (χ2v) is 11.9. The van der Waals surface area contributed by atoms with Crippen LogP contribution in [0.5, 0.6) is 0 Å². The average Bonchev–Trinajstić information content (AvgIpc) is 3.17. The Morgan fingerprint density at radius 3 is 2.43 bits per heavy atom. The molecular weight excluding hydrogens is 464 g/mol. The summed E-state index contributed by atoms with van der Waals surface area (Å²) in [4.78, 5) is 13.2. The van der Waals surface area contributed by atoms with Gasteiger partial charge in [-0.2, -0.15) is 0 Å². The van der Waals surface area contributed by atoms with Gasteiger partial charge in [0.05, 0.1) is 0 Å². The highest BCUT2D eigenvalue weighted by atomic mass is 79.9. The zero-order valence-electron chi connectivity index (χ0n) is 17.4. The van der Waals surface area contributed by atoms with Gasteiger partial charge >= 0.3 is 0 Å². The molecule has 7 heteroatoms. The third kappa shape index (κ3) is 3.66. The van der Waals surface area contributed by atoms with Crippen LogP contribution in [0.4, 0.5) is 5.69 Å². The summed E-state index contributed by atoms with van der Waals surface area (Å²) in [5, 5.41) is 3.24. The predicted molar refractivity (Wildman–Crippen MR) is 122 cm³/mol. The van der Waals surface area contributed by atoms with E-state index in [-0.39, 0.29) is 27.7 Å². The van der Waals surface area contributed by atoms with Gasteiger partial charge in [-0.15, -0.1) is 0 Å². The van der Waals surface area contributed by atoms with E-state index in [2.05, 4.69) is 46.7 Å². The van der Waals surface area contributed by atoms with Gasteiger partial charge in [-0.05, 0) is 82.3 Å². The van der Waals surface area contributed by atoms with Gasteiger partial charge in [0.1, 0.15) is 4.90 Å². The highest BCUT2D eigenvalue weighted by Crippen LogP contribution is 2.62. The van der Waals surface area contributed by atoms with Crippen molar-refractivity contribution < 1.29 is 13.2 Å². The topological polar surface area (TPSA) is 75.3 Å². The quantitative estimate of drug-likeness (QED) is 0.604. The monoisotopic (exact) mass is 490 g/mol. The summed E-state index contributed by atoms with van der Waals surface area (Å²) in [5.41, 5.74) is 0.940. The molecule has 5 nitrogen and oxygen atoms in total. The molecule has 2 aromatic rings. The molecule has 0 aliphatic heterocycles. The molecule has 2 aliphatic carbocycles. The second kappa shape index (κ2) is 7.38. The number of benzene rings is 2. The van der Waals surface area contributed by atoms with Crippen LogP contribution in [0.2, 0.25) is 0 Å². The molecule has 30 heavy (non-hydrogen) atoms. The first-order valence-electron chi connectivity index (χ1n) is 10.2. The molecule has 160 valence electrons. The minimum Gasteiger partial charge on any atom is -0.348 e. The minimum absolute atomic E-state index is 0.0296. The van der Waals surface area contributed by atoms with Gasteiger partial charge in [-0.1, -0.05) is 39.0 Å².